The van der Waals surface area contributed by atoms with Crippen LogP contribution in [0.5, 0.6) is 5.75 Å². The van der Waals surface area contributed by atoms with Crippen molar-refractivity contribution in [3.05, 3.63) is 30.3 Å². The van der Waals surface area contributed by atoms with Gasteiger partial charge >= 0.3 is 0 Å². The predicted molar refractivity (Wildman–Crippen MR) is 66.2 cm³/mol. The van der Waals surface area contributed by atoms with Gasteiger partial charge in [0.2, 0.25) is 0 Å². The molecule has 0 bridgehead atoms. The molecular weight excluding hydrogens is 226 g/mol. The molecule has 90 valence electrons. The van der Waals surface area contributed by atoms with Crippen molar-refractivity contribution in [2.45, 2.75) is 18.4 Å². The van der Waals surface area contributed by atoms with Crippen molar-refractivity contribution < 1.29 is 9.84 Å². The van der Waals surface area contributed by atoms with Crippen LogP contribution in [0.2, 0.25) is 0 Å². The zero-order chi connectivity index (χ0) is 10.6. The van der Waals surface area contributed by atoms with Crippen LogP contribution in [-0.2, 0) is 0 Å². The lowest BCUT2D eigenvalue weighted by molar-refractivity contribution is -0.0230. The van der Waals surface area contributed by atoms with Gasteiger partial charge in [-0.15, -0.1) is 12.4 Å². The molecule has 1 aliphatic heterocycles. The summed E-state index contributed by atoms with van der Waals surface area (Å²) < 4.78 is 5.56. The highest BCUT2D eigenvalue weighted by Gasteiger charge is 2.29. The number of benzene rings is 1. The highest BCUT2D eigenvalue weighted by molar-refractivity contribution is 5.85. The van der Waals surface area contributed by atoms with Crippen LogP contribution in [0.1, 0.15) is 12.8 Å². The number of piperidine rings is 1. The normalized spacial score (nSPS) is 24.6. The molecule has 0 spiro atoms. The smallest absolute Gasteiger partial charge is 0.119 e. The Hall–Kier alpha value is -0.770. The topological polar surface area (TPSA) is 41.5 Å². The number of hydrogen-bond acceptors (Lipinski definition) is 3. The lowest BCUT2D eigenvalue weighted by Gasteiger charge is -2.32. The van der Waals surface area contributed by atoms with E-state index in [9.17, 15) is 5.11 Å². The highest BCUT2D eigenvalue weighted by atomic mass is 35.5. The standard InChI is InChI=1S/C12H17NO2.ClH/c14-12(7-4-8-13-9-12)10-15-11-5-2-1-3-6-11;/h1-3,5-6,13-14H,4,7-10H2;1H. The monoisotopic (exact) mass is 243 g/mol. The van der Waals surface area contributed by atoms with Crippen LogP contribution in [0.3, 0.4) is 0 Å². The maximum atomic E-state index is 10.1. The molecule has 0 aliphatic carbocycles. The largest absolute Gasteiger partial charge is 0.491 e. The first kappa shape index (κ1) is 13.3. The second-order valence-electron chi connectivity index (χ2n) is 4.11. The number of nitrogens with one attached hydrogen (secondary N) is 1. The van der Waals surface area contributed by atoms with E-state index in [0.29, 0.717) is 13.2 Å². The Labute approximate surface area is 102 Å². The fourth-order valence-electron chi connectivity index (χ4n) is 1.81. The van der Waals surface area contributed by atoms with E-state index in [4.69, 9.17) is 4.74 Å². The molecule has 2 N–H and O–H groups in total. The summed E-state index contributed by atoms with van der Waals surface area (Å²) in [5.74, 6) is 0.816. The molecule has 1 atom stereocenters. The molecule has 0 radical (unpaired) electrons. The Morgan fingerprint density at radius 2 is 2.06 bits per heavy atom. The Kier molecular flexibility index (Phi) is 5.06. The molecule has 2 rings (SSSR count). The predicted octanol–water partition coefficient (Wildman–Crippen LogP) is 1.60. The van der Waals surface area contributed by atoms with E-state index < -0.39 is 5.60 Å². The zero-order valence-corrected chi connectivity index (χ0v) is 10.0. The average molecular weight is 244 g/mol. The van der Waals surface area contributed by atoms with Crippen molar-refractivity contribution in [3.8, 4) is 5.75 Å². The van der Waals surface area contributed by atoms with Gasteiger partial charge in [0.15, 0.2) is 0 Å². The molecule has 1 unspecified atom stereocenters. The third-order valence-corrected chi connectivity index (χ3v) is 2.70. The van der Waals surface area contributed by atoms with Crippen LogP contribution < -0.4 is 10.1 Å². The van der Waals surface area contributed by atoms with E-state index in [0.717, 1.165) is 25.1 Å². The first-order chi connectivity index (χ1) is 7.29. The van der Waals surface area contributed by atoms with Gasteiger partial charge in [-0.3, -0.25) is 0 Å². The minimum atomic E-state index is -0.700. The number of halogens is 1. The minimum Gasteiger partial charge on any atom is -0.491 e. The molecule has 1 aliphatic rings. The molecule has 1 saturated heterocycles. The Balaban J connectivity index is 0.00000128. The van der Waals surface area contributed by atoms with E-state index in [1.807, 2.05) is 30.3 Å². The third-order valence-electron chi connectivity index (χ3n) is 2.70. The van der Waals surface area contributed by atoms with Crippen LogP contribution in [0.4, 0.5) is 0 Å². The summed E-state index contributed by atoms with van der Waals surface area (Å²) in [6.07, 6.45) is 1.82. The second kappa shape index (κ2) is 6.09. The molecule has 16 heavy (non-hydrogen) atoms. The molecule has 1 aromatic rings. The summed E-state index contributed by atoms with van der Waals surface area (Å²) in [7, 11) is 0. The van der Waals surface area contributed by atoms with Gasteiger partial charge in [-0.25, -0.2) is 0 Å². The summed E-state index contributed by atoms with van der Waals surface area (Å²) in [6.45, 7) is 1.98. The molecule has 1 aromatic carbocycles. The van der Waals surface area contributed by atoms with Gasteiger partial charge in [-0.1, -0.05) is 18.2 Å². The van der Waals surface area contributed by atoms with Crippen molar-refractivity contribution in [3.63, 3.8) is 0 Å². The van der Waals surface area contributed by atoms with Gasteiger partial charge in [0.1, 0.15) is 18.0 Å². The average Bonchev–Trinajstić information content (AvgIpc) is 2.29. The molecule has 0 saturated carbocycles. The molecule has 1 heterocycles. The van der Waals surface area contributed by atoms with Gasteiger partial charge in [0.25, 0.3) is 0 Å². The maximum Gasteiger partial charge on any atom is 0.119 e. The lowest BCUT2D eigenvalue weighted by Crippen LogP contribution is -2.49. The number of rotatable bonds is 3. The zero-order valence-electron chi connectivity index (χ0n) is 9.19. The molecule has 0 aromatic heterocycles. The number of aliphatic hydroxyl groups is 1. The number of β-amino-alcohol motifs (C(OH)–C–C–N with tert-alkyl or cyclic N) is 1. The summed E-state index contributed by atoms with van der Waals surface area (Å²) in [4.78, 5) is 0. The minimum absolute atomic E-state index is 0. The van der Waals surface area contributed by atoms with E-state index in [1.165, 1.54) is 0 Å². The highest BCUT2D eigenvalue weighted by Crippen LogP contribution is 2.18. The fraction of sp³-hybridized carbons (Fsp3) is 0.500. The van der Waals surface area contributed by atoms with Gasteiger partial charge in [0.05, 0.1) is 0 Å². The molecule has 4 heteroatoms. The Morgan fingerprint density at radius 3 is 2.69 bits per heavy atom. The van der Waals surface area contributed by atoms with Crippen LogP contribution in [0.25, 0.3) is 0 Å². The maximum absolute atomic E-state index is 10.1. The third kappa shape index (κ3) is 3.67. The van der Waals surface area contributed by atoms with Crippen LogP contribution in [0.15, 0.2) is 30.3 Å². The van der Waals surface area contributed by atoms with E-state index in [1.54, 1.807) is 0 Å². The van der Waals surface area contributed by atoms with Gasteiger partial charge in [-0.2, -0.15) is 0 Å². The first-order valence-electron chi connectivity index (χ1n) is 5.39. The van der Waals surface area contributed by atoms with Crippen LogP contribution >= 0.6 is 12.4 Å². The lowest BCUT2D eigenvalue weighted by atomic mass is 9.95. The van der Waals surface area contributed by atoms with Crippen molar-refractivity contribution in [1.82, 2.24) is 5.32 Å². The molecule has 1 fully saturated rings. The molecule has 3 nitrogen and oxygen atoms in total. The molecular formula is C12H18ClNO2. The van der Waals surface area contributed by atoms with Crippen molar-refractivity contribution >= 4 is 12.4 Å². The summed E-state index contributed by atoms with van der Waals surface area (Å²) in [5, 5.41) is 13.3. The van der Waals surface area contributed by atoms with Gasteiger partial charge in [0, 0.05) is 6.54 Å². The Morgan fingerprint density at radius 1 is 1.31 bits per heavy atom. The first-order valence-corrected chi connectivity index (χ1v) is 5.39. The van der Waals surface area contributed by atoms with Crippen molar-refractivity contribution in [2.24, 2.45) is 0 Å². The van der Waals surface area contributed by atoms with Crippen LogP contribution in [0, 0.1) is 0 Å². The SMILES string of the molecule is Cl.OC1(COc2ccccc2)CCCNC1. The number of hydrogen-bond donors (Lipinski definition) is 2. The van der Waals surface area contributed by atoms with E-state index in [2.05, 4.69) is 5.32 Å². The fourth-order valence-corrected chi connectivity index (χ4v) is 1.81. The van der Waals surface area contributed by atoms with Crippen LogP contribution in [-0.4, -0.2) is 30.4 Å². The summed E-state index contributed by atoms with van der Waals surface area (Å²) in [6, 6.07) is 9.61. The van der Waals surface area contributed by atoms with Gasteiger partial charge in [-0.05, 0) is 31.5 Å². The second-order valence-corrected chi connectivity index (χ2v) is 4.11. The van der Waals surface area contributed by atoms with E-state index in [-0.39, 0.29) is 12.4 Å². The quantitative estimate of drug-likeness (QED) is 0.848. The van der Waals surface area contributed by atoms with Gasteiger partial charge < -0.3 is 15.2 Å². The van der Waals surface area contributed by atoms with Crippen molar-refractivity contribution in [2.75, 3.05) is 19.7 Å². The van der Waals surface area contributed by atoms with E-state index >= 15 is 0 Å². The summed E-state index contributed by atoms with van der Waals surface area (Å²) >= 11 is 0. The Bertz CT molecular complexity index is 299. The number of ether oxygens (including phenoxy) is 1. The summed E-state index contributed by atoms with van der Waals surface area (Å²) in [5.41, 5.74) is -0.700. The van der Waals surface area contributed by atoms with Crippen molar-refractivity contribution in [1.29, 1.82) is 0 Å². The number of para-hydroxylation sites is 1. The molecule has 0 amide bonds.